The summed E-state index contributed by atoms with van der Waals surface area (Å²) in [7, 11) is 0. The molecule has 0 aliphatic heterocycles. The van der Waals surface area contributed by atoms with E-state index < -0.39 is 5.60 Å². The van der Waals surface area contributed by atoms with Crippen LogP contribution in [0.2, 0.25) is 0 Å². The molecule has 1 aromatic rings. The fraction of sp³-hybridized carbons (Fsp3) is 0.600. The lowest BCUT2D eigenvalue weighted by atomic mass is 9.76. The average molecular weight is 218 g/mol. The lowest BCUT2D eigenvalue weighted by molar-refractivity contribution is -0.00667. The van der Waals surface area contributed by atoms with E-state index in [1.807, 2.05) is 0 Å². The monoisotopic (exact) mass is 218 g/mol. The summed E-state index contributed by atoms with van der Waals surface area (Å²) in [6.07, 6.45) is 5.08. The minimum absolute atomic E-state index is 0.443. The van der Waals surface area contributed by atoms with Crippen LogP contribution in [0.15, 0.2) is 24.3 Å². The largest absolute Gasteiger partial charge is 0.390 e. The van der Waals surface area contributed by atoms with E-state index in [-0.39, 0.29) is 0 Å². The van der Waals surface area contributed by atoms with Crippen molar-refractivity contribution in [3.05, 3.63) is 35.4 Å². The lowest BCUT2D eigenvalue weighted by Crippen LogP contribution is -2.35. The number of rotatable bonds is 2. The van der Waals surface area contributed by atoms with Gasteiger partial charge in [-0.1, -0.05) is 36.8 Å². The summed E-state index contributed by atoms with van der Waals surface area (Å²) < 4.78 is 0. The molecule has 88 valence electrons. The minimum Gasteiger partial charge on any atom is -0.390 e. The molecule has 0 atom stereocenters. The zero-order valence-corrected chi connectivity index (χ0v) is 10.4. The molecule has 1 aliphatic carbocycles. The van der Waals surface area contributed by atoms with Crippen LogP contribution in [0.4, 0.5) is 0 Å². The summed E-state index contributed by atoms with van der Waals surface area (Å²) in [5, 5.41) is 10.5. The van der Waals surface area contributed by atoms with E-state index in [9.17, 15) is 5.11 Å². The molecule has 1 heteroatoms. The number of benzene rings is 1. The molecule has 0 radical (unpaired) electrons. The topological polar surface area (TPSA) is 20.2 Å². The van der Waals surface area contributed by atoms with Gasteiger partial charge in [-0.25, -0.2) is 0 Å². The summed E-state index contributed by atoms with van der Waals surface area (Å²) >= 11 is 0. The Morgan fingerprint density at radius 1 is 1.19 bits per heavy atom. The van der Waals surface area contributed by atoms with E-state index in [1.54, 1.807) is 0 Å². The van der Waals surface area contributed by atoms with Gasteiger partial charge >= 0.3 is 0 Å². The zero-order valence-electron chi connectivity index (χ0n) is 10.4. The first kappa shape index (κ1) is 11.7. The van der Waals surface area contributed by atoms with Crippen molar-refractivity contribution in [1.29, 1.82) is 0 Å². The van der Waals surface area contributed by atoms with Gasteiger partial charge in [0.15, 0.2) is 0 Å². The Morgan fingerprint density at radius 3 is 2.31 bits per heavy atom. The van der Waals surface area contributed by atoms with Gasteiger partial charge in [0.2, 0.25) is 0 Å². The van der Waals surface area contributed by atoms with Crippen molar-refractivity contribution in [2.24, 2.45) is 5.92 Å². The number of aliphatic hydroxyl groups is 1. The second-order valence-electron chi connectivity index (χ2n) is 5.57. The van der Waals surface area contributed by atoms with Crippen molar-refractivity contribution in [2.75, 3.05) is 0 Å². The third-order valence-electron chi connectivity index (χ3n) is 3.86. The Morgan fingerprint density at radius 2 is 1.75 bits per heavy atom. The minimum atomic E-state index is -0.443. The third-order valence-corrected chi connectivity index (χ3v) is 3.86. The molecule has 1 fully saturated rings. The fourth-order valence-electron chi connectivity index (χ4n) is 2.56. The van der Waals surface area contributed by atoms with Gasteiger partial charge < -0.3 is 5.11 Å². The molecule has 0 bridgehead atoms. The highest BCUT2D eigenvalue weighted by Crippen LogP contribution is 2.34. The summed E-state index contributed by atoms with van der Waals surface area (Å²) in [5.41, 5.74) is 2.11. The molecular weight excluding hydrogens is 196 g/mol. The van der Waals surface area contributed by atoms with Gasteiger partial charge in [-0.05, 0) is 44.1 Å². The quantitative estimate of drug-likeness (QED) is 0.805. The third kappa shape index (κ3) is 2.85. The normalized spacial score (nSPS) is 30.3. The summed E-state index contributed by atoms with van der Waals surface area (Å²) in [5.74, 6) is 0.790. The Bertz CT molecular complexity index is 331. The van der Waals surface area contributed by atoms with Crippen LogP contribution < -0.4 is 0 Å². The van der Waals surface area contributed by atoms with Crippen molar-refractivity contribution < 1.29 is 5.11 Å². The van der Waals surface area contributed by atoms with E-state index in [2.05, 4.69) is 38.1 Å². The van der Waals surface area contributed by atoms with E-state index in [0.717, 1.165) is 25.2 Å². The number of hydrogen-bond donors (Lipinski definition) is 1. The lowest BCUT2D eigenvalue weighted by Gasteiger charge is -2.35. The maximum Gasteiger partial charge on any atom is 0.0688 e. The zero-order chi connectivity index (χ0) is 11.6. The van der Waals surface area contributed by atoms with Crippen LogP contribution in [-0.4, -0.2) is 10.7 Å². The van der Waals surface area contributed by atoms with Crippen LogP contribution in [0, 0.1) is 12.8 Å². The molecule has 0 spiro atoms. The maximum atomic E-state index is 10.5. The van der Waals surface area contributed by atoms with Crippen molar-refractivity contribution in [3.63, 3.8) is 0 Å². The predicted octanol–water partition coefficient (Wildman–Crippen LogP) is 3.48. The smallest absolute Gasteiger partial charge is 0.0688 e. The van der Waals surface area contributed by atoms with Gasteiger partial charge in [-0.2, -0.15) is 0 Å². The van der Waals surface area contributed by atoms with Crippen molar-refractivity contribution in [3.8, 4) is 0 Å². The van der Waals surface area contributed by atoms with Crippen molar-refractivity contribution in [1.82, 2.24) is 0 Å². The highest BCUT2D eigenvalue weighted by atomic mass is 16.3. The molecule has 0 saturated heterocycles. The molecule has 0 amide bonds. The van der Waals surface area contributed by atoms with E-state index in [4.69, 9.17) is 0 Å². The molecule has 1 aliphatic rings. The molecule has 16 heavy (non-hydrogen) atoms. The van der Waals surface area contributed by atoms with Crippen LogP contribution in [0.5, 0.6) is 0 Å². The Hall–Kier alpha value is -0.820. The summed E-state index contributed by atoms with van der Waals surface area (Å²) in [6, 6.07) is 8.55. The van der Waals surface area contributed by atoms with Crippen LogP contribution >= 0.6 is 0 Å². The molecule has 1 N–H and O–H groups in total. The summed E-state index contributed by atoms with van der Waals surface area (Å²) in [6.45, 7) is 4.38. The first-order valence-corrected chi connectivity index (χ1v) is 6.35. The van der Waals surface area contributed by atoms with E-state index in [0.29, 0.717) is 0 Å². The first-order chi connectivity index (χ1) is 7.57. The van der Waals surface area contributed by atoms with Gasteiger partial charge in [-0.3, -0.25) is 0 Å². The predicted molar refractivity (Wildman–Crippen MR) is 67.5 cm³/mol. The second kappa shape index (κ2) is 4.58. The Balaban J connectivity index is 2.00. The molecule has 2 rings (SSSR count). The van der Waals surface area contributed by atoms with Crippen molar-refractivity contribution in [2.45, 2.75) is 51.6 Å². The van der Waals surface area contributed by atoms with Crippen LogP contribution in [0.3, 0.4) is 0 Å². The fourth-order valence-corrected chi connectivity index (χ4v) is 2.56. The van der Waals surface area contributed by atoms with Gasteiger partial charge in [-0.15, -0.1) is 0 Å². The molecule has 1 saturated carbocycles. The summed E-state index contributed by atoms with van der Waals surface area (Å²) in [4.78, 5) is 0. The van der Waals surface area contributed by atoms with Gasteiger partial charge in [0.1, 0.15) is 0 Å². The van der Waals surface area contributed by atoms with E-state index in [1.165, 1.54) is 24.0 Å². The molecule has 0 unspecified atom stereocenters. The highest BCUT2D eigenvalue weighted by Gasteiger charge is 2.31. The highest BCUT2D eigenvalue weighted by molar-refractivity contribution is 5.22. The molecule has 0 heterocycles. The number of aryl methyl sites for hydroxylation is 1. The van der Waals surface area contributed by atoms with E-state index >= 15 is 0 Å². The second-order valence-corrected chi connectivity index (χ2v) is 5.57. The van der Waals surface area contributed by atoms with Gasteiger partial charge in [0.25, 0.3) is 0 Å². The van der Waals surface area contributed by atoms with Crippen LogP contribution in [0.25, 0.3) is 0 Å². The molecule has 1 nitrogen and oxygen atoms in total. The standard InChI is InChI=1S/C15H22O/c1-12-3-5-14(6-4-12)11-15(16)9-7-13(2)8-10-15/h3-6,13,16H,7-11H2,1-2H3. The van der Waals surface area contributed by atoms with Gasteiger partial charge in [0, 0.05) is 6.42 Å². The Labute approximate surface area is 98.5 Å². The van der Waals surface area contributed by atoms with Crippen LogP contribution in [0.1, 0.15) is 43.7 Å². The average Bonchev–Trinajstić information content (AvgIpc) is 2.27. The number of hydrogen-bond acceptors (Lipinski definition) is 1. The molecular formula is C15H22O. The van der Waals surface area contributed by atoms with Crippen molar-refractivity contribution >= 4 is 0 Å². The Kier molecular flexibility index (Phi) is 3.34. The molecule has 1 aromatic carbocycles. The van der Waals surface area contributed by atoms with Crippen LogP contribution in [-0.2, 0) is 6.42 Å². The molecule has 0 aromatic heterocycles. The van der Waals surface area contributed by atoms with Gasteiger partial charge in [0.05, 0.1) is 5.60 Å². The SMILES string of the molecule is Cc1ccc(CC2(O)CCC(C)CC2)cc1. The maximum absolute atomic E-state index is 10.5. The first-order valence-electron chi connectivity index (χ1n) is 6.35.